The highest BCUT2D eigenvalue weighted by Gasteiger charge is 2.63. The van der Waals surface area contributed by atoms with Crippen LogP contribution in [0.3, 0.4) is 0 Å². The van der Waals surface area contributed by atoms with Gasteiger partial charge in [0.15, 0.2) is 0 Å². The minimum Gasteiger partial charge on any atom is -0.389 e. The van der Waals surface area contributed by atoms with Gasteiger partial charge in [-0.25, -0.2) is 0 Å². The van der Waals surface area contributed by atoms with Gasteiger partial charge in [-0.2, -0.15) is 0 Å². The molecule has 23 heavy (non-hydrogen) atoms. The van der Waals surface area contributed by atoms with E-state index < -0.39 is 0 Å². The van der Waals surface area contributed by atoms with Crippen LogP contribution in [0.25, 0.3) is 0 Å². The second-order valence-corrected chi connectivity index (χ2v) is 10.2. The van der Waals surface area contributed by atoms with Crippen molar-refractivity contribution >= 4 is 0 Å². The summed E-state index contributed by atoms with van der Waals surface area (Å²) in [5.74, 6) is 3.69. The van der Waals surface area contributed by atoms with E-state index in [0.717, 1.165) is 42.9 Å². The van der Waals surface area contributed by atoms with Crippen LogP contribution < -0.4 is 0 Å². The van der Waals surface area contributed by atoms with Gasteiger partial charge in [0, 0.05) is 0 Å². The molecule has 0 heterocycles. The van der Waals surface area contributed by atoms with E-state index in [1.54, 1.807) is 0 Å². The molecule has 0 radical (unpaired) electrons. The van der Waals surface area contributed by atoms with Gasteiger partial charge in [0.1, 0.15) is 0 Å². The molecule has 7 atom stereocenters. The SMILES string of the molecule is CCCC1(O)CCC2C3CCC4CCCCC4(C)C3CCC21C. The minimum atomic E-state index is -0.359. The topological polar surface area (TPSA) is 20.2 Å². The summed E-state index contributed by atoms with van der Waals surface area (Å²) in [5, 5.41) is 11.4. The Kier molecular flexibility index (Phi) is 3.91. The smallest absolute Gasteiger partial charge is 0.0703 e. The first kappa shape index (κ1) is 16.4. The highest BCUT2D eigenvalue weighted by atomic mass is 16.3. The highest BCUT2D eigenvalue weighted by molar-refractivity contribution is 5.13. The van der Waals surface area contributed by atoms with Gasteiger partial charge in [-0.3, -0.25) is 0 Å². The number of rotatable bonds is 2. The summed E-state index contributed by atoms with van der Waals surface area (Å²) >= 11 is 0. The molecule has 4 aliphatic rings. The van der Waals surface area contributed by atoms with Crippen molar-refractivity contribution in [3.63, 3.8) is 0 Å². The van der Waals surface area contributed by atoms with E-state index in [1.165, 1.54) is 57.8 Å². The fraction of sp³-hybridized carbons (Fsp3) is 1.00. The van der Waals surface area contributed by atoms with Crippen molar-refractivity contribution < 1.29 is 5.11 Å². The van der Waals surface area contributed by atoms with E-state index in [9.17, 15) is 5.11 Å². The predicted octanol–water partition coefficient (Wildman–Crippen LogP) is 5.95. The maximum atomic E-state index is 11.4. The fourth-order valence-electron chi connectivity index (χ4n) is 8.23. The Labute approximate surface area is 143 Å². The van der Waals surface area contributed by atoms with Crippen molar-refractivity contribution in [2.45, 2.75) is 103 Å². The van der Waals surface area contributed by atoms with Crippen LogP contribution in [0.4, 0.5) is 0 Å². The van der Waals surface area contributed by atoms with Crippen molar-refractivity contribution in [1.29, 1.82) is 0 Å². The molecular weight excluding hydrogens is 280 g/mol. The van der Waals surface area contributed by atoms with Crippen molar-refractivity contribution in [2.24, 2.45) is 34.5 Å². The summed E-state index contributed by atoms with van der Waals surface area (Å²) in [6, 6.07) is 0. The summed E-state index contributed by atoms with van der Waals surface area (Å²) < 4.78 is 0. The van der Waals surface area contributed by atoms with Crippen LogP contribution in [-0.2, 0) is 0 Å². The fourth-order valence-corrected chi connectivity index (χ4v) is 8.23. The van der Waals surface area contributed by atoms with E-state index >= 15 is 0 Å². The quantitative estimate of drug-likeness (QED) is 0.667. The molecule has 1 nitrogen and oxygen atoms in total. The van der Waals surface area contributed by atoms with Gasteiger partial charge in [0.25, 0.3) is 0 Å². The maximum absolute atomic E-state index is 11.4. The monoisotopic (exact) mass is 318 g/mol. The van der Waals surface area contributed by atoms with Gasteiger partial charge in [0.05, 0.1) is 5.60 Å². The molecule has 4 rings (SSSR count). The zero-order chi connectivity index (χ0) is 16.3. The molecule has 7 unspecified atom stereocenters. The Morgan fingerprint density at radius 2 is 1.65 bits per heavy atom. The molecule has 0 spiro atoms. The van der Waals surface area contributed by atoms with Crippen LogP contribution in [0.1, 0.15) is 97.8 Å². The van der Waals surface area contributed by atoms with Crippen LogP contribution in [-0.4, -0.2) is 10.7 Å². The van der Waals surface area contributed by atoms with Gasteiger partial charge in [-0.05, 0) is 92.3 Å². The molecule has 0 aromatic carbocycles. The molecule has 1 heteroatoms. The van der Waals surface area contributed by atoms with Gasteiger partial charge in [-0.1, -0.05) is 40.0 Å². The van der Waals surface area contributed by atoms with Gasteiger partial charge < -0.3 is 5.11 Å². The molecule has 4 fully saturated rings. The molecule has 0 aliphatic heterocycles. The largest absolute Gasteiger partial charge is 0.389 e. The molecule has 0 amide bonds. The molecule has 132 valence electrons. The Bertz CT molecular complexity index is 459. The lowest BCUT2D eigenvalue weighted by molar-refractivity contribution is -0.153. The first-order valence-electron chi connectivity index (χ1n) is 10.7. The standard InChI is InChI=1S/C22H38O/c1-4-12-22(23)15-11-19-17-9-8-16-7-5-6-13-20(16,2)18(17)10-14-21(19,22)3/h16-19,23H,4-15H2,1-3H3. The van der Waals surface area contributed by atoms with Crippen molar-refractivity contribution in [3.05, 3.63) is 0 Å². The van der Waals surface area contributed by atoms with Gasteiger partial charge in [0.2, 0.25) is 0 Å². The van der Waals surface area contributed by atoms with Gasteiger partial charge in [-0.15, -0.1) is 0 Å². The minimum absolute atomic E-state index is 0.210. The molecule has 1 N–H and O–H groups in total. The summed E-state index contributed by atoms with van der Waals surface area (Å²) in [7, 11) is 0. The molecule has 4 aliphatic carbocycles. The van der Waals surface area contributed by atoms with Crippen LogP contribution in [0, 0.1) is 34.5 Å². The van der Waals surface area contributed by atoms with E-state index in [4.69, 9.17) is 0 Å². The number of hydrogen-bond donors (Lipinski definition) is 1. The number of fused-ring (bicyclic) bond motifs is 5. The Hall–Kier alpha value is -0.0400. The van der Waals surface area contributed by atoms with Crippen LogP contribution >= 0.6 is 0 Å². The van der Waals surface area contributed by atoms with Crippen molar-refractivity contribution in [3.8, 4) is 0 Å². The number of hydrogen-bond acceptors (Lipinski definition) is 1. The van der Waals surface area contributed by atoms with E-state index in [2.05, 4.69) is 20.8 Å². The molecular formula is C22H38O. The Balaban J connectivity index is 1.63. The second-order valence-electron chi connectivity index (χ2n) is 10.2. The predicted molar refractivity (Wildman–Crippen MR) is 96.2 cm³/mol. The summed E-state index contributed by atoms with van der Waals surface area (Å²) in [5.41, 5.74) is 0.484. The van der Waals surface area contributed by atoms with E-state index in [0.29, 0.717) is 5.41 Å². The lowest BCUT2D eigenvalue weighted by Crippen LogP contribution is -2.56. The van der Waals surface area contributed by atoms with Crippen molar-refractivity contribution in [1.82, 2.24) is 0 Å². The lowest BCUT2D eigenvalue weighted by Gasteiger charge is -2.61. The van der Waals surface area contributed by atoms with Crippen LogP contribution in [0.2, 0.25) is 0 Å². The third-order valence-electron chi connectivity index (χ3n) is 9.57. The maximum Gasteiger partial charge on any atom is 0.0703 e. The molecule has 0 saturated heterocycles. The van der Waals surface area contributed by atoms with E-state index in [1.807, 2.05) is 0 Å². The second kappa shape index (κ2) is 5.48. The summed E-state index contributed by atoms with van der Waals surface area (Å²) in [6.45, 7) is 7.36. The first-order chi connectivity index (χ1) is 10.9. The zero-order valence-corrected chi connectivity index (χ0v) is 15.7. The number of aliphatic hydroxyl groups is 1. The summed E-state index contributed by atoms with van der Waals surface area (Å²) in [6.07, 6.45) is 16.1. The van der Waals surface area contributed by atoms with Crippen LogP contribution in [0.5, 0.6) is 0 Å². The highest BCUT2D eigenvalue weighted by Crippen LogP contribution is 2.68. The van der Waals surface area contributed by atoms with Gasteiger partial charge >= 0.3 is 0 Å². The third kappa shape index (κ3) is 2.14. The summed E-state index contributed by atoms with van der Waals surface area (Å²) in [4.78, 5) is 0. The molecule has 0 bridgehead atoms. The van der Waals surface area contributed by atoms with E-state index in [-0.39, 0.29) is 11.0 Å². The third-order valence-corrected chi connectivity index (χ3v) is 9.57. The lowest BCUT2D eigenvalue weighted by atomic mass is 9.44. The molecule has 0 aromatic heterocycles. The average molecular weight is 319 g/mol. The average Bonchev–Trinajstić information content (AvgIpc) is 2.79. The Morgan fingerprint density at radius 1 is 0.870 bits per heavy atom. The first-order valence-corrected chi connectivity index (χ1v) is 10.7. The normalized spacial score (nSPS) is 55.8. The Morgan fingerprint density at radius 3 is 2.43 bits per heavy atom. The molecule has 0 aromatic rings. The van der Waals surface area contributed by atoms with Crippen molar-refractivity contribution in [2.75, 3.05) is 0 Å². The van der Waals surface area contributed by atoms with Crippen LogP contribution in [0.15, 0.2) is 0 Å². The molecule has 4 saturated carbocycles. The zero-order valence-electron chi connectivity index (χ0n) is 15.7.